The first-order valence-corrected chi connectivity index (χ1v) is 7.36. The minimum atomic E-state index is -0.740. The molecule has 9 nitrogen and oxygen atoms in total. The van der Waals surface area contributed by atoms with Crippen molar-refractivity contribution in [3.8, 4) is 11.4 Å². The van der Waals surface area contributed by atoms with Crippen molar-refractivity contribution < 1.29 is 19.2 Å². The van der Waals surface area contributed by atoms with Crippen molar-refractivity contribution in [2.45, 2.75) is 0 Å². The smallest absolute Gasteiger partial charge is 0.364 e. The molecule has 0 aliphatic rings. The predicted octanol–water partition coefficient (Wildman–Crippen LogP) is 2.10. The van der Waals surface area contributed by atoms with Crippen LogP contribution in [0, 0.1) is 10.1 Å². The second kappa shape index (κ2) is 6.85. The lowest BCUT2D eigenvalue weighted by Crippen LogP contribution is -2.13. The molecule has 0 saturated carbocycles. The van der Waals surface area contributed by atoms with Gasteiger partial charge in [-0.15, -0.1) is 0 Å². The van der Waals surface area contributed by atoms with E-state index in [9.17, 15) is 19.7 Å². The first-order valence-electron chi connectivity index (χ1n) is 7.36. The van der Waals surface area contributed by atoms with Crippen molar-refractivity contribution in [3.63, 3.8) is 0 Å². The number of nitro groups is 1. The molecule has 3 aromatic rings. The van der Waals surface area contributed by atoms with Crippen LogP contribution in [0.25, 0.3) is 5.69 Å². The zero-order valence-electron chi connectivity index (χ0n) is 13.2. The number of ether oxygens (including phenoxy) is 1. The van der Waals surface area contributed by atoms with Crippen LogP contribution in [-0.4, -0.2) is 26.6 Å². The van der Waals surface area contributed by atoms with Gasteiger partial charge in [-0.05, 0) is 30.3 Å². The van der Waals surface area contributed by atoms with Crippen molar-refractivity contribution in [2.75, 3.05) is 0 Å². The number of non-ortho nitro benzene ring substituents is 1. The highest BCUT2D eigenvalue weighted by atomic mass is 16.6. The summed E-state index contributed by atoms with van der Waals surface area (Å²) in [6, 6.07) is 13.1. The number of rotatable bonds is 5. The third-order valence-corrected chi connectivity index (χ3v) is 3.43. The molecule has 0 unspecified atom stereocenters. The van der Waals surface area contributed by atoms with Gasteiger partial charge >= 0.3 is 5.97 Å². The maximum absolute atomic E-state index is 12.2. The monoisotopic (exact) mass is 352 g/mol. The topological polar surface area (TPSA) is 130 Å². The summed E-state index contributed by atoms with van der Waals surface area (Å²) in [6.45, 7) is 0. The number of hydrogen-bond acceptors (Lipinski definition) is 6. The molecule has 0 radical (unpaired) electrons. The Morgan fingerprint density at radius 1 is 1.12 bits per heavy atom. The van der Waals surface area contributed by atoms with E-state index >= 15 is 0 Å². The molecule has 2 N–H and O–H groups in total. The van der Waals surface area contributed by atoms with E-state index < -0.39 is 16.8 Å². The Kier molecular flexibility index (Phi) is 4.44. The Labute approximate surface area is 146 Å². The number of hydrogen-bond donors (Lipinski definition) is 1. The SMILES string of the molecule is NC(=O)c1cccc(OC(=O)c2ccn(-c3cccc([N+](=O)[O-])c3)n2)c1. The largest absolute Gasteiger partial charge is 0.422 e. The number of aromatic nitrogens is 2. The third kappa shape index (κ3) is 3.56. The van der Waals surface area contributed by atoms with Crippen molar-refractivity contribution >= 4 is 17.6 Å². The van der Waals surface area contributed by atoms with Crippen LogP contribution in [-0.2, 0) is 0 Å². The molecule has 26 heavy (non-hydrogen) atoms. The summed E-state index contributed by atoms with van der Waals surface area (Å²) < 4.78 is 6.49. The molecule has 0 atom stereocenters. The van der Waals surface area contributed by atoms with E-state index in [0.717, 1.165) is 0 Å². The van der Waals surface area contributed by atoms with Gasteiger partial charge in [-0.2, -0.15) is 5.10 Å². The molecule has 1 amide bonds. The number of esters is 1. The first-order chi connectivity index (χ1) is 12.4. The number of primary amides is 1. The van der Waals surface area contributed by atoms with Crippen molar-refractivity contribution in [1.82, 2.24) is 9.78 Å². The molecule has 1 heterocycles. The highest BCUT2D eigenvalue weighted by Crippen LogP contribution is 2.18. The minimum Gasteiger partial charge on any atom is -0.422 e. The van der Waals surface area contributed by atoms with E-state index in [4.69, 9.17) is 10.5 Å². The second-order valence-corrected chi connectivity index (χ2v) is 5.20. The van der Waals surface area contributed by atoms with Gasteiger partial charge in [-0.1, -0.05) is 12.1 Å². The van der Waals surface area contributed by atoms with Gasteiger partial charge in [0, 0.05) is 23.9 Å². The fourth-order valence-corrected chi connectivity index (χ4v) is 2.20. The lowest BCUT2D eigenvalue weighted by Gasteiger charge is -2.04. The molecule has 0 aliphatic carbocycles. The van der Waals surface area contributed by atoms with Crippen molar-refractivity contribution in [2.24, 2.45) is 5.73 Å². The number of carbonyl (C=O) groups is 2. The molecule has 0 bridgehead atoms. The summed E-state index contributed by atoms with van der Waals surface area (Å²) in [5, 5.41) is 14.9. The van der Waals surface area contributed by atoms with Gasteiger partial charge in [0.2, 0.25) is 5.91 Å². The van der Waals surface area contributed by atoms with Crippen LogP contribution in [0.5, 0.6) is 5.75 Å². The highest BCUT2D eigenvalue weighted by Gasteiger charge is 2.15. The molecule has 0 fully saturated rings. The van der Waals surface area contributed by atoms with Gasteiger partial charge in [0.15, 0.2) is 5.69 Å². The van der Waals surface area contributed by atoms with Crippen LogP contribution < -0.4 is 10.5 Å². The molecule has 9 heteroatoms. The van der Waals surface area contributed by atoms with Crippen LogP contribution in [0.15, 0.2) is 60.8 Å². The minimum absolute atomic E-state index is 0.000911. The number of nitrogens with zero attached hydrogens (tertiary/aromatic N) is 3. The zero-order chi connectivity index (χ0) is 18.7. The standard InChI is InChI=1S/C17H12N4O5/c18-16(22)11-3-1-6-14(9-11)26-17(23)15-7-8-20(19-15)12-4-2-5-13(10-12)21(24)25/h1-10H,(H2,18,22). The van der Waals surface area contributed by atoms with Crippen LogP contribution in [0.4, 0.5) is 5.69 Å². The van der Waals surface area contributed by atoms with Crippen LogP contribution in [0.3, 0.4) is 0 Å². The highest BCUT2D eigenvalue weighted by molar-refractivity contribution is 5.94. The summed E-state index contributed by atoms with van der Waals surface area (Å²) in [7, 11) is 0. The van der Waals surface area contributed by atoms with E-state index in [2.05, 4.69) is 5.10 Å². The van der Waals surface area contributed by atoms with Gasteiger partial charge in [-0.25, -0.2) is 9.48 Å². The number of amides is 1. The fraction of sp³-hybridized carbons (Fsp3) is 0. The Hall–Kier alpha value is -4.01. The van der Waals surface area contributed by atoms with Gasteiger partial charge < -0.3 is 10.5 Å². The van der Waals surface area contributed by atoms with Crippen LogP contribution in [0.2, 0.25) is 0 Å². The molecule has 2 aromatic carbocycles. The molecule has 0 saturated heterocycles. The van der Waals surface area contributed by atoms with Gasteiger partial charge in [0.25, 0.3) is 5.69 Å². The third-order valence-electron chi connectivity index (χ3n) is 3.43. The van der Waals surface area contributed by atoms with Crippen LogP contribution in [0.1, 0.15) is 20.8 Å². The van der Waals surface area contributed by atoms with E-state index in [0.29, 0.717) is 5.69 Å². The van der Waals surface area contributed by atoms with Crippen molar-refractivity contribution in [3.05, 3.63) is 82.2 Å². The summed E-state index contributed by atoms with van der Waals surface area (Å²) in [6.07, 6.45) is 1.48. The van der Waals surface area contributed by atoms with Crippen LogP contribution >= 0.6 is 0 Å². The lowest BCUT2D eigenvalue weighted by molar-refractivity contribution is -0.384. The number of nitro benzene ring substituents is 1. The molecular formula is C17H12N4O5. The van der Waals surface area contributed by atoms with E-state index in [1.807, 2.05) is 0 Å². The normalized spacial score (nSPS) is 10.3. The lowest BCUT2D eigenvalue weighted by atomic mass is 10.2. The zero-order valence-corrected chi connectivity index (χ0v) is 13.2. The molecule has 0 aliphatic heterocycles. The Balaban J connectivity index is 1.80. The fourth-order valence-electron chi connectivity index (χ4n) is 2.20. The predicted molar refractivity (Wildman–Crippen MR) is 90.1 cm³/mol. The summed E-state index contributed by atoms with van der Waals surface area (Å²) >= 11 is 0. The maximum Gasteiger partial charge on any atom is 0.364 e. The summed E-state index contributed by atoms with van der Waals surface area (Å²) in [5.41, 5.74) is 5.72. The Bertz CT molecular complexity index is 1010. The van der Waals surface area contributed by atoms with E-state index in [-0.39, 0.29) is 22.7 Å². The average molecular weight is 352 g/mol. The molecule has 130 valence electrons. The van der Waals surface area contributed by atoms with Gasteiger partial charge in [0.1, 0.15) is 5.75 Å². The molecule has 1 aromatic heterocycles. The molecule has 0 spiro atoms. The Morgan fingerprint density at radius 3 is 2.62 bits per heavy atom. The second-order valence-electron chi connectivity index (χ2n) is 5.20. The maximum atomic E-state index is 12.2. The number of nitrogens with two attached hydrogens (primary N) is 1. The number of benzene rings is 2. The first kappa shape index (κ1) is 16.8. The number of carbonyl (C=O) groups excluding carboxylic acids is 2. The molecular weight excluding hydrogens is 340 g/mol. The summed E-state index contributed by atoms with van der Waals surface area (Å²) in [5.74, 6) is -1.23. The van der Waals surface area contributed by atoms with Crippen molar-refractivity contribution in [1.29, 1.82) is 0 Å². The van der Waals surface area contributed by atoms with E-state index in [1.165, 1.54) is 59.4 Å². The van der Waals surface area contributed by atoms with Gasteiger partial charge in [-0.3, -0.25) is 14.9 Å². The van der Waals surface area contributed by atoms with E-state index in [1.54, 1.807) is 6.07 Å². The Morgan fingerprint density at radius 2 is 1.88 bits per heavy atom. The van der Waals surface area contributed by atoms with Gasteiger partial charge in [0.05, 0.1) is 10.6 Å². The quantitative estimate of drug-likeness (QED) is 0.324. The average Bonchev–Trinajstić information content (AvgIpc) is 3.12. The summed E-state index contributed by atoms with van der Waals surface area (Å²) in [4.78, 5) is 33.7. The molecule has 3 rings (SSSR count).